The number of anilines is 1. The molecule has 0 spiro atoms. The highest BCUT2D eigenvalue weighted by Gasteiger charge is 2.27. The van der Waals surface area contributed by atoms with Crippen LogP contribution in [0.1, 0.15) is 31.2 Å². The average molecular weight is 461 g/mol. The lowest BCUT2D eigenvalue weighted by Crippen LogP contribution is -2.32. The van der Waals surface area contributed by atoms with Crippen molar-refractivity contribution < 1.29 is 27.5 Å². The van der Waals surface area contributed by atoms with Gasteiger partial charge >= 0.3 is 5.97 Å². The highest BCUT2D eigenvalue weighted by atomic mass is 32.2. The minimum Gasteiger partial charge on any atom is -0.482 e. The van der Waals surface area contributed by atoms with Crippen LogP contribution in [0, 0.1) is 6.92 Å². The standard InChI is InChI=1S/C23H28N2O6S/c1-18-11-12-19(15-21(18)32(28,29)25-13-7-2-3-8-14-25)24-22(26)16-31-23(27)17-30-20-9-5-4-6-10-20/h4-6,9-12,15H,2-3,7-8,13-14,16-17H2,1H3,(H,24,26). The third kappa shape index (κ3) is 6.54. The summed E-state index contributed by atoms with van der Waals surface area (Å²) in [5, 5.41) is 2.59. The first-order chi connectivity index (χ1) is 15.4. The van der Waals surface area contributed by atoms with Crippen LogP contribution >= 0.6 is 0 Å². The maximum absolute atomic E-state index is 13.1. The molecule has 0 atom stereocenters. The van der Waals surface area contributed by atoms with E-state index in [0.717, 1.165) is 25.7 Å². The van der Waals surface area contributed by atoms with Crippen LogP contribution in [-0.4, -0.2) is 50.9 Å². The maximum Gasteiger partial charge on any atom is 0.344 e. The topological polar surface area (TPSA) is 102 Å². The second-order valence-corrected chi connectivity index (χ2v) is 9.52. The summed E-state index contributed by atoms with van der Waals surface area (Å²) in [4.78, 5) is 24.2. The smallest absolute Gasteiger partial charge is 0.344 e. The zero-order chi connectivity index (χ0) is 23.0. The second kappa shape index (κ2) is 11.1. The van der Waals surface area contributed by atoms with Gasteiger partial charge in [-0.05, 0) is 49.6 Å². The summed E-state index contributed by atoms with van der Waals surface area (Å²) in [6.45, 7) is 1.91. The molecule has 2 aromatic carbocycles. The molecule has 8 nitrogen and oxygen atoms in total. The Morgan fingerprint density at radius 2 is 1.66 bits per heavy atom. The molecule has 172 valence electrons. The largest absolute Gasteiger partial charge is 0.482 e. The van der Waals surface area contributed by atoms with Crippen molar-refractivity contribution in [3.8, 4) is 5.75 Å². The molecule has 0 aromatic heterocycles. The number of carbonyl (C=O) groups is 2. The number of esters is 1. The van der Waals surface area contributed by atoms with Crippen LogP contribution in [-0.2, 0) is 24.3 Å². The van der Waals surface area contributed by atoms with Gasteiger partial charge in [0.15, 0.2) is 13.2 Å². The van der Waals surface area contributed by atoms with E-state index in [0.29, 0.717) is 30.1 Å². The van der Waals surface area contributed by atoms with Crippen LogP contribution in [0.25, 0.3) is 0 Å². The lowest BCUT2D eigenvalue weighted by Gasteiger charge is -2.21. The molecule has 1 aliphatic heterocycles. The predicted molar refractivity (Wildman–Crippen MR) is 120 cm³/mol. The monoisotopic (exact) mass is 460 g/mol. The fourth-order valence-electron chi connectivity index (χ4n) is 3.42. The van der Waals surface area contributed by atoms with E-state index in [1.165, 1.54) is 10.4 Å². The molecule has 32 heavy (non-hydrogen) atoms. The van der Waals surface area contributed by atoms with E-state index in [-0.39, 0.29) is 11.5 Å². The highest BCUT2D eigenvalue weighted by Crippen LogP contribution is 2.25. The van der Waals surface area contributed by atoms with Gasteiger partial charge in [-0.2, -0.15) is 4.31 Å². The zero-order valence-corrected chi connectivity index (χ0v) is 18.9. The van der Waals surface area contributed by atoms with Gasteiger partial charge in [-0.3, -0.25) is 4.79 Å². The Kier molecular flexibility index (Phi) is 8.24. The first kappa shape index (κ1) is 23.7. The Hall–Kier alpha value is -2.91. The minimum absolute atomic E-state index is 0.172. The molecule has 3 rings (SSSR count). The van der Waals surface area contributed by atoms with Crippen molar-refractivity contribution in [1.29, 1.82) is 0 Å². The second-order valence-electron chi connectivity index (χ2n) is 7.61. The molecule has 0 unspecified atom stereocenters. The number of nitrogens with zero attached hydrogens (tertiary/aromatic N) is 1. The molecule has 9 heteroatoms. The van der Waals surface area contributed by atoms with Gasteiger partial charge in [0.25, 0.3) is 5.91 Å². The van der Waals surface area contributed by atoms with Gasteiger partial charge in [0.05, 0.1) is 4.90 Å². The first-order valence-electron chi connectivity index (χ1n) is 10.6. The third-order valence-corrected chi connectivity index (χ3v) is 7.16. The summed E-state index contributed by atoms with van der Waals surface area (Å²) in [5.74, 6) is -0.732. The van der Waals surface area contributed by atoms with E-state index in [4.69, 9.17) is 9.47 Å². The number of benzene rings is 2. The van der Waals surface area contributed by atoms with E-state index in [1.54, 1.807) is 43.3 Å². The number of sulfonamides is 1. The van der Waals surface area contributed by atoms with Gasteiger partial charge in [0.2, 0.25) is 10.0 Å². The van der Waals surface area contributed by atoms with Crippen LogP contribution in [0.2, 0.25) is 0 Å². The van der Waals surface area contributed by atoms with Crippen LogP contribution in [0.15, 0.2) is 53.4 Å². The van der Waals surface area contributed by atoms with Gasteiger partial charge in [-0.1, -0.05) is 37.1 Å². The van der Waals surface area contributed by atoms with Gasteiger partial charge < -0.3 is 14.8 Å². The molecular formula is C23H28N2O6S. The third-order valence-electron chi connectivity index (χ3n) is 5.12. The van der Waals surface area contributed by atoms with Crippen molar-refractivity contribution in [2.75, 3.05) is 31.6 Å². The summed E-state index contributed by atoms with van der Waals surface area (Å²) in [7, 11) is -3.65. The maximum atomic E-state index is 13.1. The molecule has 0 radical (unpaired) electrons. The summed E-state index contributed by atoms with van der Waals surface area (Å²) >= 11 is 0. The first-order valence-corrected chi connectivity index (χ1v) is 12.0. The molecule has 1 fully saturated rings. The van der Waals surface area contributed by atoms with Crippen molar-refractivity contribution in [3.63, 3.8) is 0 Å². The lowest BCUT2D eigenvalue weighted by molar-refractivity contribution is -0.149. The van der Waals surface area contributed by atoms with Gasteiger partial charge in [-0.25, -0.2) is 13.2 Å². The van der Waals surface area contributed by atoms with E-state index >= 15 is 0 Å². The quantitative estimate of drug-likeness (QED) is 0.608. The number of carbonyl (C=O) groups excluding carboxylic acids is 2. The number of rotatable bonds is 8. The van der Waals surface area contributed by atoms with Crippen molar-refractivity contribution in [2.24, 2.45) is 0 Å². The Morgan fingerprint density at radius 1 is 0.969 bits per heavy atom. The Morgan fingerprint density at radius 3 is 2.34 bits per heavy atom. The molecule has 0 saturated carbocycles. The van der Waals surface area contributed by atoms with Gasteiger partial charge in [0, 0.05) is 18.8 Å². The van der Waals surface area contributed by atoms with Crippen LogP contribution < -0.4 is 10.1 Å². The highest BCUT2D eigenvalue weighted by molar-refractivity contribution is 7.89. The Balaban J connectivity index is 1.56. The lowest BCUT2D eigenvalue weighted by atomic mass is 10.2. The van der Waals surface area contributed by atoms with Crippen LogP contribution in [0.5, 0.6) is 5.75 Å². The van der Waals surface area contributed by atoms with Crippen molar-refractivity contribution >= 4 is 27.6 Å². The van der Waals surface area contributed by atoms with E-state index < -0.39 is 28.5 Å². The minimum atomic E-state index is -3.65. The number of nitrogens with one attached hydrogen (secondary N) is 1. The molecular weight excluding hydrogens is 432 g/mol. The average Bonchev–Trinajstić information content (AvgIpc) is 3.08. The molecule has 1 heterocycles. The number of para-hydroxylation sites is 1. The number of hydrogen-bond acceptors (Lipinski definition) is 6. The SMILES string of the molecule is Cc1ccc(NC(=O)COC(=O)COc2ccccc2)cc1S(=O)(=O)N1CCCCCC1. The van der Waals surface area contributed by atoms with E-state index in [9.17, 15) is 18.0 Å². The molecule has 2 aromatic rings. The zero-order valence-electron chi connectivity index (χ0n) is 18.1. The van der Waals surface area contributed by atoms with Crippen molar-refractivity contribution in [1.82, 2.24) is 4.31 Å². The summed E-state index contributed by atoms with van der Waals surface area (Å²) in [6, 6.07) is 13.5. The van der Waals surface area contributed by atoms with E-state index in [1.807, 2.05) is 6.07 Å². The molecule has 1 saturated heterocycles. The van der Waals surface area contributed by atoms with Gasteiger partial charge in [-0.15, -0.1) is 0 Å². The fourth-order valence-corrected chi connectivity index (χ4v) is 5.19. The summed E-state index contributed by atoms with van der Waals surface area (Å²) < 4.78 is 38.0. The number of amides is 1. The Labute approximate surface area is 188 Å². The molecule has 0 aliphatic carbocycles. The molecule has 0 bridgehead atoms. The Bertz CT molecular complexity index is 1030. The number of hydrogen-bond donors (Lipinski definition) is 1. The summed E-state index contributed by atoms with van der Waals surface area (Å²) in [5.41, 5.74) is 0.933. The number of aryl methyl sites for hydroxylation is 1. The fraction of sp³-hybridized carbons (Fsp3) is 0.391. The van der Waals surface area contributed by atoms with Crippen LogP contribution in [0.3, 0.4) is 0 Å². The number of ether oxygens (including phenoxy) is 2. The van der Waals surface area contributed by atoms with E-state index in [2.05, 4.69) is 5.32 Å². The normalized spacial score (nSPS) is 14.9. The van der Waals surface area contributed by atoms with Gasteiger partial charge in [0.1, 0.15) is 5.75 Å². The predicted octanol–water partition coefficient (Wildman–Crippen LogP) is 3.12. The molecule has 1 aliphatic rings. The van der Waals surface area contributed by atoms with Crippen LogP contribution in [0.4, 0.5) is 5.69 Å². The summed E-state index contributed by atoms with van der Waals surface area (Å²) in [6.07, 6.45) is 3.73. The molecule has 1 amide bonds. The molecule has 1 N–H and O–H groups in total. The van der Waals surface area contributed by atoms with Crippen molar-refractivity contribution in [2.45, 2.75) is 37.5 Å². The van der Waals surface area contributed by atoms with Crippen molar-refractivity contribution in [3.05, 3.63) is 54.1 Å².